The lowest BCUT2D eigenvalue weighted by atomic mass is 10.2. The minimum absolute atomic E-state index is 0.0194. The maximum atomic E-state index is 12.2. The van der Waals surface area contributed by atoms with Gasteiger partial charge in [-0.15, -0.1) is 0 Å². The molecule has 8 nitrogen and oxygen atoms in total. The third kappa shape index (κ3) is 4.31. The fourth-order valence-corrected chi connectivity index (χ4v) is 2.03. The quantitative estimate of drug-likeness (QED) is 0.343. The van der Waals surface area contributed by atoms with Crippen LogP contribution in [0.2, 0.25) is 0 Å². The summed E-state index contributed by atoms with van der Waals surface area (Å²) in [4.78, 5) is 34.2. The summed E-state index contributed by atoms with van der Waals surface area (Å²) in [6, 6.07) is 9.62. The molecule has 25 heavy (non-hydrogen) atoms. The third-order valence-electron chi connectivity index (χ3n) is 3.17. The maximum absolute atomic E-state index is 12.2. The number of esters is 2. The molecule has 0 aliphatic carbocycles. The van der Waals surface area contributed by atoms with Gasteiger partial charge in [0.15, 0.2) is 5.75 Å². The average Bonchev–Trinajstić information content (AvgIpc) is 2.61. The number of nitro groups is 1. The van der Waals surface area contributed by atoms with Crippen molar-refractivity contribution >= 4 is 17.6 Å². The van der Waals surface area contributed by atoms with Crippen molar-refractivity contribution in [3.8, 4) is 11.5 Å². The molecule has 0 aliphatic heterocycles. The Morgan fingerprint density at radius 3 is 2.44 bits per heavy atom. The van der Waals surface area contributed by atoms with Gasteiger partial charge in [-0.2, -0.15) is 0 Å². The summed E-state index contributed by atoms with van der Waals surface area (Å²) >= 11 is 0. The summed E-state index contributed by atoms with van der Waals surface area (Å²) in [6.45, 7) is 1.90. The number of carbonyl (C=O) groups excluding carboxylic acids is 2. The van der Waals surface area contributed by atoms with Gasteiger partial charge in [-0.05, 0) is 37.3 Å². The Bertz CT molecular complexity index is 816. The molecule has 0 fully saturated rings. The van der Waals surface area contributed by atoms with Gasteiger partial charge in [-0.25, -0.2) is 9.59 Å². The van der Waals surface area contributed by atoms with E-state index in [2.05, 4.69) is 0 Å². The number of hydrogen-bond acceptors (Lipinski definition) is 7. The predicted molar refractivity (Wildman–Crippen MR) is 87.0 cm³/mol. The van der Waals surface area contributed by atoms with E-state index in [0.29, 0.717) is 0 Å². The molecule has 2 aromatic rings. The van der Waals surface area contributed by atoms with Crippen LogP contribution in [0.15, 0.2) is 42.5 Å². The fourth-order valence-electron chi connectivity index (χ4n) is 2.03. The first-order valence-corrected chi connectivity index (χ1v) is 7.28. The van der Waals surface area contributed by atoms with Gasteiger partial charge < -0.3 is 14.2 Å². The van der Waals surface area contributed by atoms with E-state index in [1.54, 1.807) is 6.92 Å². The van der Waals surface area contributed by atoms with Crippen molar-refractivity contribution in [2.45, 2.75) is 6.92 Å². The summed E-state index contributed by atoms with van der Waals surface area (Å²) in [7, 11) is 1.29. The predicted octanol–water partition coefficient (Wildman–Crippen LogP) is 3.00. The molecule has 0 aliphatic rings. The Kier molecular flexibility index (Phi) is 5.67. The molecule has 8 heteroatoms. The molecule has 130 valence electrons. The van der Waals surface area contributed by atoms with Crippen LogP contribution in [0.25, 0.3) is 0 Å². The van der Waals surface area contributed by atoms with Gasteiger partial charge in [0.25, 0.3) is 0 Å². The molecule has 0 atom stereocenters. The number of hydrogen-bond donors (Lipinski definition) is 0. The lowest BCUT2D eigenvalue weighted by Gasteiger charge is -2.07. The third-order valence-corrected chi connectivity index (χ3v) is 3.17. The van der Waals surface area contributed by atoms with Crippen LogP contribution >= 0.6 is 0 Å². The molecule has 0 aromatic heterocycles. The van der Waals surface area contributed by atoms with Crippen molar-refractivity contribution in [3.05, 3.63) is 63.7 Å². The number of benzene rings is 2. The van der Waals surface area contributed by atoms with Crippen LogP contribution in [0, 0.1) is 10.1 Å². The van der Waals surface area contributed by atoms with E-state index in [0.717, 1.165) is 6.07 Å². The summed E-state index contributed by atoms with van der Waals surface area (Å²) in [5, 5.41) is 11.0. The van der Waals surface area contributed by atoms with Crippen LogP contribution in [0.5, 0.6) is 11.5 Å². The normalized spacial score (nSPS) is 10.0. The summed E-state index contributed by atoms with van der Waals surface area (Å²) in [5.41, 5.74) is -0.140. The van der Waals surface area contributed by atoms with Crippen LogP contribution in [0.4, 0.5) is 5.69 Å². The molecule has 0 saturated heterocycles. The molecular weight excluding hydrogens is 330 g/mol. The van der Waals surface area contributed by atoms with E-state index in [4.69, 9.17) is 14.2 Å². The number of rotatable bonds is 6. The molecule has 0 unspecified atom stereocenters. The van der Waals surface area contributed by atoms with E-state index in [1.807, 2.05) is 0 Å². The minimum Gasteiger partial charge on any atom is -0.490 e. The SMILES string of the molecule is CCOC(=O)c1cccc(OC(=O)c2ccc(OC)c([N+](=O)[O-])c2)c1. The molecule has 0 N–H and O–H groups in total. The summed E-state index contributed by atoms with van der Waals surface area (Å²) < 4.78 is 14.9. The molecular formula is C17H15NO7. The van der Waals surface area contributed by atoms with E-state index in [9.17, 15) is 19.7 Å². The van der Waals surface area contributed by atoms with Gasteiger partial charge in [0.2, 0.25) is 0 Å². The maximum Gasteiger partial charge on any atom is 0.343 e. The van der Waals surface area contributed by atoms with Crippen molar-refractivity contribution in [1.82, 2.24) is 0 Å². The van der Waals surface area contributed by atoms with Crippen LogP contribution in [0.1, 0.15) is 27.6 Å². The zero-order valence-electron chi connectivity index (χ0n) is 13.6. The van der Waals surface area contributed by atoms with Gasteiger partial charge in [0, 0.05) is 6.07 Å². The Morgan fingerprint density at radius 1 is 1.08 bits per heavy atom. The molecule has 0 bridgehead atoms. The zero-order valence-corrected chi connectivity index (χ0v) is 13.6. The van der Waals surface area contributed by atoms with Gasteiger partial charge in [-0.3, -0.25) is 10.1 Å². The molecule has 0 spiro atoms. The van der Waals surface area contributed by atoms with Crippen molar-refractivity contribution in [2.75, 3.05) is 13.7 Å². The number of carbonyl (C=O) groups is 2. The smallest absolute Gasteiger partial charge is 0.343 e. The standard InChI is InChI=1S/C17H15NO7/c1-3-24-16(19)11-5-4-6-13(9-11)25-17(20)12-7-8-15(23-2)14(10-12)18(21)22/h4-10H,3H2,1-2H3. The molecule has 2 aromatic carbocycles. The monoisotopic (exact) mass is 345 g/mol. The summed E-state index contributed by atoms with van der Waals surface area (Å²) in [6.07, 6.45) is 0. The highest BCUT2D eigenvalue weighted by Crippen LogP contribution is 2.28. The van der Waals surface area contributed by atoms with Crippen molar-refractivity contribution in [2.24, 2.45) is 0 Å². The number of methoxy groups -OCH3 is 1. The highest BCUT2D eigenvalue weighted by atomic mass is 16.6. The molecule has 0 heterocycles. The lowest BCUT2D eigenvalue weighted by Crippen LogP contribution is -2.10. The van der Waals surface area contributed by atoms with Crippen LogP contribution < -0.4 is 9.47 Å². The Morgan fingerprint density at radius 2 is 1.80 bits per heavy atom. The van der Waals surface area contributed by atoms with E-state index >= 15 is 0 Å². The molecule has 0 saturated carbocycles. The lowest BCUT2D eigenvalue weighted by molar-refractivity contribution is -0.385. The zero-order chi connectivity index (χ0) is 18.4. The first kappa shape index (κ1) is 17.9. The summed E-state index contributed by atoms with van der Waals surface area (Å²) in [5.74, 6) is -1.19. The van der Waals surface area contributed by atoms with E-state index in [1.165, 1.54) is 43.5 Å². The van der Waals surface area contributed by atoms with Crippen LogP contribution in [-0.2, 0) is 4.74 Å². The largest absolute Gasteiger partial charge is 0.490 e. The average molecular weight is 345 g/mol. The second-order valence-electron chi connectivity index (χ2n) is 4.78. The van der Waals surface area contributed by atoms with E-state index in [-0.39, 0.29) is 34.9 Å². The van der Waals surface area contributed by atoms with Crippen molar-refractivity contribution in [1.29, 1.82) is 0 Å². The first-order valence-electron chi connectivity index (χ1n) is 7.28. The second-order valence-corrected chi connectivity index (χ2v) is 4.78. The molecule has 2 rings (SSSR count). The van der Waals surface area contributed by atoms with Crippen LogP contribution in [0.3, 0.4) is 0 Å². The van der Waals surface area contributed by atoms with Gasteiger partial charge in [-0.1, -0.05) is 6.07 Å². The van der Waals surface area contributed by atoms with Crippen LogP contribution in [-0.4, -0.2) is 30.6 Å². The Labute approximate surface area is 143 Å². The topological polar surface area (TPSA) is 105 Å². The molecule has 0 amide bonds. The number of nitro benzene ring substituents is 1. The second kappa shape index (κ2) is 7.91. The van der Waals surface area contributed by atoms with Crippen molar-refractivity contribution < 1.29 is 28.7 Å². The highest BCUT2D eigenvalue weighted by Gasteiger charge is 2.19. The highest BCUT2D eigenvalue weighted by molar-refractivity contribution is 5.93. The van der Waals surface area contributed by atoms with Gasteiger partial charge >= 0.3 is 17.6 Å². The first-order chi connectivity index (χ1) is 12.0. The number of nitrogens with zero attached hydrogens (tertiary/aromatic N) is 1. The Balaban J connectivity index is 2.22. The fraction of sp³-hybridized carbons (Fsp3) is 0.176. The molecule has 0 radical (unpaired) electrons. The van der Waals surface area contributed by atoms with Gasteiger partial charge in [0.1, 0.15) is 5.75 Å². The Hall–Kier alpha value is -3.42. The minimum atomic E-state index is -0.799. The van der Waals surface area contributed by atoms with E-state index < -0.39 is 16.9 Å². The number of ether oxygens (including phenoxy) is 3. The van der Waals surface area contributed by atoms with Crippen molar-refractivity contribution in [3.63, 3.8) is 0 Å². The van der Waals surface area contributed by atoms with Gasteiger partial charge in [0.05, 0.1) is 29.8 Å².